The van der Waals surface area contributed by atoms with Crippen molar-refractivity contribution < 1.29 is 22.4 Å². The van der Waals surface area contributed by atoms with Gasteiger partial charge in [0.05, 0.1) is 11.6 Å². The van der Waals surface area contributed by atoms with Gasteiger partial charge in [-0.25, -0.2) is 4.39 Å². The highest BCUT2D eigenvalue weighted by Gasteiger charge is 2.33. The van der Waals surface area contributed by atoms with Gasteiger partial charge in [-0.15, -0.1) is 0 Å². The van der Waals surface area contributed by atoms with Crippen molar-refractivity contribution in [3.63, 3.8) is 0 Å². The van der Waals surface area contributed by atoms with E-state index >= 15 is 0 Å². The Morgan fingerprint density at radius 1 is 1.53 bits per heavy atom. The van der Waals surface area contributed by atoms with E-state index in [9.17, 15) is 22.4 Å². The molecule has 0 aromatic carbocycles. The van der Waals surface area contributed by atoms with Crippen molar-refractivity contribution in [2.24, 2.45) is 5.73 Å². The number of alkyl halides is 3. The number of hydrogen-bond acceptors (Lipinski definition) is 3. The molecule has 0 spiro atoms. The smallest absolute Gasteiger partial charge is 0.368 e. The van der Waals surface area contributed by atoms with Crippen molar-refractivity contribution in [3.05, 3.63) is 29.3 Å². The Balaban J connectivity index is 3.24. The van der Waals surface area contributed by atoms with Gasteiger partial charge in [-0.2, -0.15) is 18.4 Å². The molecule has 0 aliphatic carbocycles. The molecular formula is C9H5F4N3O. The van der Waals surface area contributed by atoms with E-state index in [4.69, 9.17) is 11.0 Å². The fourth-order valence-corrected chi connectivity index (χ4v) is 1.08. The van der Waals surface area contributed by atoms with Gasteiger partial charge in [-0.3, -0.25) is 9.78 Å². The number of carbonyl (C=O) groups is 1. The Hall–Kier alpha value is -2.17. The molecule has 1 aromatic rings. The fourth-order valence-electron chi connectivity index (χ4n) is 1.08. The number of primary amides is 1. The summed E-state index contributed by atoms with van der Waals surface area (Å²) in [6.45, 7) is 0. The second-order valence-electron chi connectivity index (χ2n) is 3.05. The summed E-state index contributed by atoms with van der Waals surface area (Å²) in [4.78, 5) is 13.9. The zero-order valence-electron chi connectivity index (χ0n) is 8.12. The van der Waals surface area contributed by atoms with Gasteiger partial charge in [0.15, 0.2) is 5.92 Å². The zero-order valence-corrected chi connectivity index (χ0v) is 8.12. The number of pyridine rings is 1. The van der Waals surface area contributed by atoms with Crippen LogP contribution in [-0.2, 0) is 11.0 Å². The van der Waals surface area contributed by atoms with Crippen LogP contribution in [-0.4, -0.2) is 10.9 Å². The number of nitrogens with two attached hydrogens (primary N) is 1. The topological polar surface area (TPSA) is 79.8 Å². The highest BCUT2D eigenvalue weighted by atomic mass is 19.4. The third-order valence-corrected chi connectivity index (χ3v) is 1.88. The van der Waals surface area contributed by atoms with Gasteiger partial charge >= 0.3 is 6.18 Å². The lowest BCUT2D eigenvalue weighted by atomic mass is 10.0. The first-order valence-electron chi connectivity index (χ1n) is 4.19. The summed E-state index contributed by atoms with van der Waals surface area (Å²) in [5, 5.41) is 8.52. The van der Waals surface area contributed by atoms with Crippen LogP contribution in [0.5, 0.6) is 0 Å². The monoisotopic (exact) mass is 247 g/mol. The number of hydrogen-bond donors (Lipinski definition) is 1. The maximum atomic E-state index is 13.3. The first-order chi connectivity index (χ1) is 7.77. The van der Waals surface area contributed by atoms with Crippen molar-refractivity contribution >= 4 is 5.91 Å². The molecule has 1 unspecified atom stereocenters. The van der Waals surface area contributed by atoms with Crippen molar-refractivity contribution in [3.8, 4) is 6.07 Å². The highest BCUT2D eigenvalue weighted by molar-refractivity contribution is 5.84. The third kappa shape index (κ3) is 2.69. The molecule has 1 amide bonds. The normalized spacial score (nSPS) is 12.9. The first kappa shape index (κ1) is 12.9. The van der Waals surface area contributed by atoms with Crippen LogP contribution >= 0.6 is 0 Å². The molecule has 0 fully saturated rings. The second kappa shape index (κ2) is 4.37. The molecule has 4 nitrogen and oxygen atoms in total. The van der Waals surface area contributed by atoms with E-state index in [2.05, 4.69) is 4.98 Å². The third-order valence-electron chi connectivity index (χ3n) is 1.88. The van der Waals surface area contributed by atoms with Crippen LogP contribution in [0.25, 0.3) is 0 Å². The summed E-state index contributed by atoms with van der Waals surface area (Å²) in [7, 11) is 0. The summed E-state index contributed by atoms with van der Waals surface area (Å²) in [5.41, 5.74) is 2.76. The SMILES string of the molecule is N#CC(C(N)=O)c1ncc(C(F)(F)F)cc1F. The second-order valence-corrected chi connectivity index (χ2v) is 3.05. The molecular weight excluding hydrogens is 242 g/mol. The van der Waals surface area contributed by atoms with Crippen molar-refractivity contribution in [1.29, 1.82) is 5.26 Å². The van der Waals surface area contributed by atoms with Crippen LogP contribution in [0.15, 0.2) is 12.3 Å². The van der Waals surface area contributed by atoms with Gasteiger partial charge in [0.1, 0.15) is 11.5 Å². The molecule has 0 aliphatic rings. The molecule has 0 saturated carbocycles. The molecule has 90 valence electrons. The van der Waals surface area contributed by atoms with Gasteiger partial charge in [-0.1, -0.05) is 0 Å². The Morgan fingerprint density at radius 3 is 2.47 bits per heavy atom. The number of halogens is 4. The molecule has 2 N–H and O–H groups in total. The fraction of sp³-hybridized carbons (Fsp3) is 0.222. The van der Waals surface area contributed by atoms with Gasteiger partial charge in [0.2, 0.25) is 5.91 Å². The van der Waals surface area contributed by atoms with Gasteiger partial charge in [0, 0.05) is 6.20 Å². The lowest BCUT2D eigenvalue weighted by Crippen LogP contribution is -2.22. The number of nitriles is 1. The Kier molecular flexibility index (Phi) is 3.31. The minimum absolute atomic E-state index is 0.162. The van der Waals surface area contributed by atoms with Crippen LogP contribution in [0, 0.1) is 17.1 Å². The van der Waals surface area contributed by atoms with Crippen molar-refractivity contribution in [1.82, 2.24) is 4.98 Å². The van der Waals surface area contributed by atoms with E-state index in [1.54, 1.807) is 0 Å². The first-order valence-corrected chi connectivity index (χ1v) is 4.19. The quantitative estimate of drug-likeness (QED) is 0.800. The molecule has 0 radical (unpaired) electrons. The number of carbonyl (C=O) groups excluding carboxylic acids is 1. The summed E-state index contributed by atoms with van der Waals surface area (Å²) < 4.78 is 49.8. The van der Waals surface area contributed by atoms with Crippen LogP contribution in [0.2, 0.25) is 0 Å². The lowest BCUT2D eigenvalue weighted by molar-refractivity contribution is -0.138. The van der Waals surface area contributed by atoms with E-state index in [0.29, 0.717) is 6.20 Å². The average molecular weight is 247 g/mol. The molecule has 17 heavy (non-hydrogen) atoms. The Bertz CT molecular complexity index is 492. The largest absolute Gasteiger partial charge is 0.417 e. The Labute approximate surface area is 92.7 Å². The Morgan fingerprint density at radius 2 is 2.12 bits per heavy atom. The van der Waals surface area contributed by atoms with Crippen molar-refractivity contribution in [2.75, 3.05) is 0 Å². The molecule has 1 atom stereocenters. The van der Waals surface area contributed by atoms with E-state index in [0.717, 1.165) is 0 Å². The van der Waals surface area contributed by atoms with Gasteiger partial charge in [-0.05, 0) is 6.07 Å². The maximum absolute atomic E-state index is 13.3. The van der Waals surface area contributed by atoms with Crippen LogP contribution in [0.3, 0.4) is 0 Å². The minimum Gasteiger partial charge on any atom is -0.368 e. The van der Waals surface area contributed by atoms with Crippen LogP contribution in [0.1, 0.15) is 17.2 Å². The van der Waals surface area contributed by atoms with E-state index < -0.39 is 35.1 Å². The molecule has 0 aliphatic heterocycles. The predicted molar refractivity (Wildman–Crippen MR) is 46.7 cm³/mol. The molecule has 8 heteroatoms. The minimum atomic E-state index is -4.75. The standard InChI is InChI=1S/C9H5F4N3O/c10-6-1-4(9(11,12)13)3-16-7(6)5(2-14)8(15)17/h1,3,5H,(H2,15,17). The van der Waals surface area contributed by atoms with E-state index in [-0.39, 0.29) is 6.07 Å². The summed E-state index contributed by atoms with van der Waals surface area (Å²) in [6.07, 6.45) is -4.41. The maximum Gasteiger partial charge on any atom is 0.417 e. The summed E-state index contributed by atoms with van der Waals surface area (Å²) >= 11 is 0. The molecule has 0 saturated heterocycles. The van der Waals surface area contributed by atoms with Gasteiger partial charge in [0.25, 0.3) is 0 Å². The number of amides is 1. The van der Waals surface area contributed by atoms with Crippen LogP contribution < -0.4 is 5.73 Å². The summed E-state index contributed by atoms with van der Waals surface area (Å²) in [6, 6.07) is 1.52. The summed E-state index contributed by atoms with van der Waals surface area (Å²) in [5.74, 6) is -4.29. The molecule has 1 rings (SSSR count). The molecule has 0 bridgehead atoms. The molecule has 1 aromatic heterocycles. The van der Waals surface area contributed by atoms with Crippen molar-refractivity contribution in [2.45, 2.75) is 12.1 Å². The number of rotatable bonds is 2. The van der Waals surface area contributed by atoms with Crippen LogP contribution in [0.4, 0.5) is 17.6 Å². The highest BCUT2D eigenvalue weighted by Crippen LogP contribution is 2.30. The predicted octanol–water partition coefficient (Wildman–Crippen LogP) is 1.33. The molecule has 1 heterocycles. The number of aromatic nitrogens is 1. The zero-order chi connectivity index (χ0) is 13.2. The van der Waals surface area contributed by atoms with Gasteiger partial charge < -0.3 is 5.73 Å². The van der Waals surface area contributed by atoms with E-state index in [1.165, 1.54) is 6.07 Å². The lowest BCUT2D eigenvalue weighted by Gasteiger charge is -2.09. The van der Waals surface area contributed by atoms with E-state index in [1.807, 2.05) is 0 Å². The average Bonchev–Trinajstić information content (AvgIpc) is 2.19. The number of nitrogens with zero attached hydrogens (tertiary/aromatic N) is 2.